The van der Waals surface area contributed by atoms with Crippen molar-refractivity contribution in [3.05, 3.63) is 45.6 Å². The molecule has 0 aliphatic carbocycles. The molecular formula is C15H15N3O2. The van der Waals surface area contributed by atoms with E-state index in [2.05, 4.69) is 4.99 Å². The second-order valence-electron chi connectivity index (χ2n) is 5.01. The van der Waals surface area contributed by atoms with Crippen LogP contribution >= 0.6 is 0 Å². The van der Waals surface area contributed by atoms with E-state index < -0.39 is 0 Å². The normalized spacial score (nSPS) is 14.6. The fourth-order valence-electron chi connectivity index (χ4n) is 2.80. The first kappa shape index (κ1) is 12.6. The smallest absolute Gasteiger partial charge is 0.273 e. The highest BCUT2D eigenvalue weighted by Crippen LogP contribution is 2.35. The zero-order valence-electron chi connectivity index (χ0n) is 11.5. The quantitative estimate of drug-likeness (QED) is 0.620. The Morgan fingerprint density at radius 3 is 2.85 bits per heavy atom. The van der Waals surface area contributed by atoms with Gasteiger partial charge in [-0.3, -0.25) is 15.1 Å². The summed E-state index contributed by atoms with van der Waals surface area (Å²) >= 11 is 0. The molecule has 1 aliphatic rings. The lowest BCUT2D eigenvalue weighted by Gasteiger charge is -2.08. The molecule has 2 heterocycles. The van der Waals surface area contributed by atoms with Gasteiger partial charge < -0.3 is 4.57 Å². The van der Waals surface area contributed by atoms with E-state index in [1.165, 1.54) is 5.57 Å². The molecule has 1 aromatic heterocycles. The maximum atomic E-state index is 11.1. The van der Waals surface area contributed by atoms with Crippen LogP contribution in [-0.4, -0.2) is 22.2 Å². The maximum Gasteiger partial charge on any atom is 0.273 e. The van der Waals surface area contributed by atoms with Crippen molar-refractivity contribution < 1.29 is 4.92 Å². The number of rotatable bonds is 2. The van der Waals surface area contributed by atoms with Crippen LogP contribution in [0.3, 0.4) is 0 Å². The molecule has 0 bridgehead atoms. The first-order chi connectivity index (χ1) is 9.59. The van der Waals surface area contributed by atoms with Gasteiger partial charge in [0, 0.05) is 54.1 Å². The Kier molecular flexibility index (Phi) is 2.89. The Labute approximate surface area is 116 Å². The van der Waals surface area contributed by atoms with Crippen molar-refractivity contribution in [3.8, 4) is 0 Å². The van der Waals surface area contributed by atoms with Gasteiger partial charge >= 0.3 is 0 Å². The van der Waals surface area contributed by atoms with Gasteiger partial charge in [-0.15, -0.1) is 0 Å². The fourth-order valence-corrected chi connectivity index (χ4v) is 2.80. The van der Waals surface area contributed by atoms with E-state index in [9.17, 15) is 10.1 Å². The monoisotopic (exact) mass is 269 g/mol. The highest BCUT2D eigenvalue weighted by Gasteiger charge is 2.19. The van der Waals surface area contributed by atoms with Crippen LogP contribution in [0.15, 0.2) is 29.4 Å². The molecule has 0 saturated carbocycles. The third-order valence-corrected chi connectivity index (χ3v) is 3.82. The fraction of sp³-hybridized carbons (Fsp3) is 0.267. The van der Waals surface area contributed by atoms with Gasteiger partial charge in [0.25, 0.3) is 5.69 Å². The molecule has 0 saturated heterocycles. The number of nitrogens with zero attached hydrogens (tertiary/aromatic N) is 3. The lowest BCUT2D eigenvalue weighted by atomic mass is 9.97. The van der Waals surface area contributed by atoms with Crippen molar-refractivity contribution in [2.45, 2.75) is 13.3 Å². The number of aliphatic imine (C=N–C) groups is 1. The molecule has 0 unspecified atom stereocenters. The van der Waals surface area contributed by atoms with Gasteiger partial charge in [-0.05, 0) is 31.1 Å². The average Bonchev–Trinajstić information content (AvgIpc) is 2.78. The number of nitro benzene ring substituents is 1. The third-order valence-electron chi connectivity index (χ3n) is 3.82. The Morgan fingerprint density at radius 2 is 2.20 bits per heavy atom. The Balaban J connectivity index is 2.32. The van der Waals surface area contributed by atoms with Crippen molar-refractivity contribution in [3.63, 3.8) is 0 Å². The summed E-state index contributed by atoms with van der Waals surface area (Å²) in [6.45, 7) is 2.59. The number of allylic oxidation sites excluding steroid dienone is 1. The highest BCUT2D eigenvalue weighted by atomic mass is 16.6. The van der Waals surface area contributed by atoms with E-state index in [1.54, 1.807) is 6.07 Å². The summed E-state index contributed by atoms with van der Waals surface area (Å²) in [5.74, 6) is 0. The first-order valence-electron chi connectivity index (χ1n) is 6.52. The zero-order chi connectivity index (χ0) is 14.3. The Morgan fingerprint density at radius 1 is 1.40 bits per heavy atom. The van der Waals surface area contributed by atoms with E-state index >= 15 is 0 Å². The van der Waals surface area contributed by atoms with Crippen molar-refractivity contribution in [2.75, 3.05) is 6.54 Å². The van der Waals surface area contributed by atoms with Gasteiger partial charge in [-0.2, -0.15) is 0 Å². The van der Waals surface area contributed by atoms with Crippen LogP contribution in [-0.2, 0) is 7.05 Å². The largest absolute Gasteiger partial charge is 0.350 e. The summed E-state index contributed by atoms with van der Waals surface area (Å²) in [7, 11) is 1.97. The molecular weight excluding hydrogens is 254 g/mol. The minimum Gasteiger partial charge on any atom is -0.350 e. The molecule has 5 nitrogen and oxygen atoms in total. The van der Waals surface area contributed by atoms with Crippen LogP contribution in [0.25, 0.3) is 16.5 Å². The average molecular weight is 269 g/mol. The van der Waals surface area contributed by atoms with Gasteiger partial charge in [0.05, 0.1) is 4.92 Å². The third kappa shape index (κ3) is 1.82. The van der Waals surface area contributed by atoms with E-state index in [0.717, 1.165) is 35.0 Å². The van der Waals surface area contributed by atoms with Crippen LogP contribution in [0, 0.1) is 17.0 Å². The molecule has 3 rings (SSSR count). The summed E-state index contributed by atoms with van der Waals surface area (Å²) in [6.07, 6.45) is 6.73. The SMILES string of the molecule is Cc1c([N+](=O)[O-])ccc2c1c(C1=CC=NCC1)cn2C. The molecule has 1 aliphatic heterocycles. The molecule has 0 spiro atoms. The summed E-state index contributed by atoms with van der Waals surface area (Å²) in [4.78, 5) is 15.0. The predicted molar refractivity (Wildman–Crippen MR) is 80.3 cm³/mol. The molecule has 2 aromatic rings. The second kappa shape index (κ2) is 4.59. The minimum absolute atomic E-state index is 0.176. The summed E-state index contributed by atoms with van der Waals surface area (Å²) in [5.41, 5.74) is 4.19. The number of fused-ring (bicyclic) bond motifs is 1. The first-order valence-corrected chi connectivity index (χ1v) is 6.52. The molecule has 1 aromatic carbocycles. The highest BCUT2D eigenvalue weighted by molar-refractivity contribution is 6.00. The van der Waals surface area contributed by atoms with E-state index in [-0.39, 0.29) is 10.6 Å². The Bertz CT molecular complexity index is 769. The van der Waals surface area contributed by atoms with Gasteiger partial charge in [-0.1, -0.05) is 0 Å². The predicted octanol–water partition coefficient (Wildman–Crippen LogP) is 3.25. The minimum atomic E-state index is -0.317. The van der Waals surface area contributed by atoms with Crippen molar-refractivity contribution in [1.29, 1.82) is 0 Å². The molecule has 0 N–H and O–H groups in total. The van der Waals surface area contributed by atoms with Crippen LogP contribution in [0.1, 0.15) is 17.5 Å². The van der Waals surface area contributed by atoms with E-state index in [1.807, 2.05) is 43.1 Å². The summed E-state index contributed by atoms with van der Waals surface area (Å²) in [6, 6.07) is 3.40. The van der Waals surface area contributed by atoms with E-state index in [4.69, 9.17) is 0 Å². The number of hydrogen-bond acceptors (Lipinski definition) is 3. The van der Waals surface area contributed by atoms with Crippen LogP contribution in [0.2, 0.25) is 0 Å². The topological polar surface area (TPSA) is 60.4 Å². The summed E-state index contributed by atoms with van der Waals surface area (Å²) in [5, 5.41) is 12.1. The molecule has 0 amide bonds. The molecule has 102 valence electrons. The number of benzene rings is 1. The number of aryl methyl sites for hydroxylation is 2. The van der Waals surface area contributed by atoms with Gasteiger partial charge in [0.1, 0.15) is 0 Å². The van der Waals surface area contributed by atoms with E-state index in [0.29, 0.717) is 0 Å². The Hall–Kier alpha value is -2.43. The molecule has 5 heteroatoms. The number of aromatic nitrogens is 1. The van der Waals surface area contributed by atoms with Crippen LogP contribution in [0.4, 0.5) is 5.69 Å². The second-order valence-corrected chi connectivity index (χ2v) is 5.01. The van der Waals surface area contributed by atoms with Crippen LogP contribution < -0.4 is 0 Å². The lowest BCUT2D eigenvalue weighted by molar-refractivity contribution is -0.385. The van der Waals surface area contributed by atoms with Crippen molar-refractivity contribution >= 4 is 28.4 Å². The van der Waals surface area contributed by atoms with Gasteiger partial charge in [0.15, 0.2) is 0 Å². The lowest BCUT2D eigenvalue weighted by Crippen LogP contribution is -1.96. The van der Waals surface area contributed by atoms with Crippen molar-refractivity contribution in [2.24, 2.45) is 12.0 Å². The summed E-state index contributed by atoms with van der Waals surface area (Å²) < 4.78 is 2.02. The van der Waals surface area contributed by atoms with Crippen molar-refractivity contribution in [1.82, 2.24) is 4.57 Å². The zero-order valence-corrected chi connectivity index (χ0v) is 11.5. The number of hydrogen-bond donors (Lipinski definition) is 0. The molecule has 0 fully saturated rings. The molecule has 20 heavy (non-hydrogen) atoms. The molecule has 0 radical (unpaired) electrons. The van der Waals surface area contributed by atoms with Gasteiger partial charge in [-0.25, -0.2) is 0 Å². The number of nitro groups is 1. The van der Waals surface area contributed by atoms with Crippen LogP contribution in [0.5, 0.6) is 0 Å². The maximum absolute atomic E-state index is 11.1. The standard InChI is InChI=1S/C15H15N3O2/c1-10-13(18(19)20)3-4-14-15(10)12(9-17(14)2)11-5-7-16-8-6-11/h3-5,7,9H,6,8H2,1-2H3. The molecule has 0 atom stereocenters. The van der Waals surface area contributed by atoms with Gasteiger partial charge in [0.2, 0.25) is 0 Å². The number of dihydropyridines is 1.